The zero-order chi connectivity index (χ0) is 10.4. The monoisotopic (exact) mass is 230 g/mol. The molecule has 1 heterocycles. The summed E-state index contributed by atoms with van der Waals surface area (Å²) in [6.45, 7) is 0. The summed E-state index contributed by atoms with van der Waals surface area (Å²) in [5.74, 6) is 0. The molecule has 0 amide bonds. The standard InChI is InChI=1S/C12H8BClS/c13-7-5-9(14)12-8-3-1-2-4-10(8)15-11(12)6-7/h1-6H,13H2. The third kappa shape index (κ3) is 1.36. The van der Waals surface area contributed by atoms with Crippen molar-refractivity contribution in [3.63, 3.8) is 0 Å². The second-order valence-corrected chi connectivity index (χ2v) is 5.21. The Bertz CT molecular complexity index is 657. The zero-order valence-corrected chi connectivity index (χ0v) is 9.82. The fraction of sp³-hybridized carbons (Fsp3) is 0. The molecule has 0 aliphatic rings. The van der Waals surface area contributed by atoms with Crippen LogP contribution < -0.4 is 5.46 Å². The maximum atomic E-state index is 6.29. The van der Waals surface area contributed by atoms with Gasteiger partial charge in [0.1, 0.15) is 7.85 Å². The predicted molar refractivity (Wildman–Crippen MR) is 72.5 cm³/mol. The lowest BCUT2D eigenvalue weighted by Gasteiger charge is -1.97. The van der Waals surface area contributed by atoms with Crippen LogP contribution in [0.15, 0.2) is 36.4 Å². The van der Waals surface area contributed by atoms with E-state index >= 15 is 0 Å². The number of fused-ring (bicyclic) bond motifs is 3. The lowest BCUT2D eigenvalue weighted by atomic mass is 9.95. The Balaban J connectivity index is 2.61. The van der Waals surface area contributed by atoms with Crippen LogP contribution in [-0.4, -0.2) is 7.85 Å². The molecule has 0 spiro atoms. The van der Waals surface area contributed by atoms with Crippen molar-refractivity contribution in [3.05, 3.63) is 41.4 Å². The number of rotatable bonds is 0. The van der Waals surface area contributed by atoms with Gasteiger partial charge in [0.2, 0.25) is 0 Å². The van der Waals surface area contributed by atoms with Crippen molar-refractivity contribution in [2.75, 3.05) is 0 Å². The van der Waals surface area contributed by atoms with E-state index in [1.54, 1.807) is 11.3 Å². The van der Waals surface area contributed by atoms with Crippen molar-refractivity contribution in [1.29, 1.82) is 0 Å². The molecule has 0 nitrogen and oxygen atoms in total. The third-order valence-electron chi connectivity index (χ3n) is 2.57. The van der Waals surface area contributed by atoms with Gasteiger partial charge >= 0.3 is 0 Å². The molecule has 3 rings (SSSR count). The molecule has 0 radical (unpaired) electrons. The highest BCUT2D eigenvalue weighted by molar-refractivity contribution is 7.26. The zero-order valence-electron chi connectivity index (χ0n) is 8.25. The van der Waals surface area contributed by atoms with Crippen molar-refractivity contribution < 1.29 is 0 Å². The first-order valence-electron chi connectivity index (χ1n) is 4.83. The van der Waals surface area contributed by atoms with Crippen LogP contribution >= 0.6 is 22.9 Å². The minimum atomic E-state index is 0.863. The van der Waals surface area contributed by atoms with Gasteiger partial charge in [-0.25, -0.2) is 0 Å². The number of thiophene rings is 1. The summed E-state index contributed by atoms with van der Waals surface area (Å²) in [6.07, 6.45) is 0. The van der Waals surface area contributed by atoms with Gasteiger partial charge in [0.25, 0.3) is 0 Å². The van der Waals surface area contributed by atoms with Crippen LogP contribution in [-0.2, 0) is 0 Å². The maximum Gasteiger partial charge on any atom is 0.139 e. The van der Waals surface area contributed by atoms with E-state index in [2.05, 4.69) is 38.2 Å². The maximum absolute atomic E-state index is 6.29. The molecule has 0 saturated carbocycles. The van der Waals surface area contributed by atoms with Crippen molar-refractivity contribution in [3.8, 4) is 0 Å². The van der Waals surface area contributed by atoms with Crippen molar-refractivity contribution in [1.82, 2.24) is 0 Å². The summed E-state index contributed by atoms with van der Waals surface area (Å²) in [5, 5.41) is 3.33. The van der Waals surface area contributed by atoms with E-state index in [-0.39, 0.29) is 0 Å². The largest absolute Gasteiger partial charge is 0.139 e. The lowest BCUT2D eigenvalue weighted by Crippen LogP contribution is -1.99. The van der Waals surface area contributed by atoms with Crippen molar-refractivity contribution in [2.24, 2.45) is 0 Å². The Kier molecular flexibility index (Phi) is 2.01. The van der Waals surface area contributed by atoms with E-state index in [0.717, 1.165) is 5.02 Å². The summed E-state index contributed by atoms with van der Waals surface area (Å²) in [7, 11) is 2.08. The van der Waals surface area contributed by atoms with Crippen LogP contribution in [0.25, 0.3) is 20.2 Å². The first-order valence-corrected chi connectivity index (χ1v) is 6.02. The predicted octanol–water partition coefficient (Wildman–Crippen LogP) is 2.97. The first kappa shape index (κ1) is 9.26. The number of hydrogen-bond acceptors (Lipinski definition) is 1. The van der Waals surface area contributed by atoms with Crippen LogP contribution in [0.1, 0.15) is 0 Å². The molecule has 0 saturated heterocycles. The van der Waals surface area contributed by atoms with Crippen molar-refractivity contribution >= 4 is 56.4 Å². The Hall–Kier alpha value is -0.985. The highest BCUT2D eigenvalue weighted by atomic mass is 35.5. The van der Waals surface area contributed by atoms with Gasteiger partial charge in [0.05, 0.1) is 0 Å². The molecule has 0 unspecified atom stereocenters. The fourth-order valence-electron chi connectivity index (χ4n) is 1.93. The Morgan fingerprint density at radius 1 is 1.07 bits per heavy atom. The highest BCUT2D eigenvalue weighted by Crippen LogP contribution is 2.36. The van der Waals surface area contributed by atoms with Gasteiger partial charge in [-0.2, -0.15) is 0 Å². The second kappa shape index (κ2) is 3.26. The van der Waals surface area contributed by atoms with E-state index in [9.17, 15) is 0 Å². The SMILES string of the molecule is Bc1cc(Cl)c2c(c1)sc1ccccc12. The molecular formula is C12H8BClS. The number of hydrogen-bond donors (Lipinski definition) is 0. The summed E-state index contributed by atoms with van der Waals surface area (Å²) >= 11 is 8.09. The summed E-state index contributed by atoms with van der Waals surface area (Å²) in [4.78, 5) is 0. The molecule has 3 aromatic rings. The molecule has 2 aromatic carbocycles. The average molecular weight is 231 g/mol. The molecule has 0 aliphatic carbocycles. The van der Waals surface area contributed by atoms with Gasteiger partial charge in [-0.1, -0.05) is 41.3 Å². The molecule has 0 N–H and O–H groups in total. The molecule has 0 fully saturated rings. The molecule has 72 valence electrons. The minimum Gasteiger partial charge on any atom is -0.135 e. The van der Waals surface area contributed by atoms with Crippen LogP contribution in [0.4, 0.5) is 0 Å². The molecular weight excluding hydrogens is 222 g/mol. The van der Waals surface area contributed by atoms with Crippen LogP contribution in [0, 0.1) is 0 Å². The first-order chi connectivity index (χ1) is 7.25. The fourth-order valence-corrected chi connectivity index (χ4v) is 3.59. The summed E-state index contributed by atoms with van der Waals surface area (Å²) in [5.41, 5.74) is 1.22. The van der Waals surface area contributed by atoms with Gasteiger partial charge in [0.15, 0.2) is 0 Å². The number of halogens is 1. The van der Waals surface area contributed by atoms with Crippen LogP contribution in [0.5, 0.6) is 0 Å². The van der Waals surface area contributed by atoms with Gasteiger partial charge in [-0.15, -0.1) is 11.3 Å². The van der Waals surface area contributed by atoms with E-state index in [1.807, 2.05) is 6.07 Å². The molecule has 0 bridgehead atoms. The van der Waals surface area contributed by atoms with Crippen LogP contribution in [0.3, 0.4) is 0 Å². The van der Waals surface area contributed by atoms with E-state index < -0.39 is 0 Å². The summed E-state index contributed by atoms with van der Waals surface area (Å²) < 4.78 is 2.58. The molecule has 15 heavy (non-hydrogen) atoms. The third-order valence-corrected chi connectivity index (χ3v) is 3.99. The molecule has 0 aliphatic heterocycles. The Morgan fingerprint density at radius 2 is 1.87 bits per heavy atom. The Labute approximate surface area is 97.9 Å². The minimum absolute atomic E-state index is 0.863. The molecule has 0 atom stereocenters. The van der Waals surface area contributed by atoms with E-state index in [4.69, 9.17) is 11.6 Å². The smallest absolute Gasteiger partial charge is 0.135 e. The lowest BCUT2D eigenvalue weighted by molar-refractivity contribution is 1.86. The van der Waals surface area contributed by atoms with Gasteiger partial charge in [-0.05, 0) is 12.1 Å². The topological polar surface area (TPSA) is 0 Å². The molecule has 3 heteroatoms. The average Bonchev–Trinajstić information content (AvgIpc) is 2.54. The van der Waals surface area contributed by atoms with Gasteiger partial charge in [-0.3, -0.25) is 0 Å². The van der Waals surface area contributed by atoms with Gasteiger partial charge in [0, 0.05) is 25.2 Å². The van der Waals surface area contributed by atoms with E-state index in [0.29, 0.717) is 0 Å². The second-order valence-electron chi connectivity index (χ2n) is 3.72. The molecule has 1 aromatic heterocycles. The Morgan fingerprint density at radius 3 is 2.73 bits per heavy atom. The summed E-state index contributed by atoms with van der Waals surface area (Å²) in [6, 6.07) is 12.6. The van der Waals surface area contributed by atoms with Gasteiger partial charge < -0.3 is 0 Å². The van der Waals surface area contributed by atoms with E-state index in [1.165, 1.54) is 25.6 Å². The number of benzene rings is 2. The normalized spacial score (nSPS) is 11.3. The van der Waals surface area contributed by atoms with Crippen molar-refractivity contribution in [2.45, 2.75) is 0 Å². The van der Waals surface area contributed by atoms with Crippen LogP contribution in [0.2, 0.25) is 5.02 Å². The quantitative estimate of drug-likeness (QED) is 0.521. The highest BCUT2D eigenvalue weighted by Gasteiger charge is 2.07.